The van der Waals surface area contributed by atoms with Crippen molar-refractivity contribution in [3.63, 3.8) is 0 Å². The Balaban J connectivity index is 2.39. The topological polar surface area (TPSA) is 121 Å². The van der Waals surface area contributed by atoms with Crippen LogP contribution in [0.4, 0.5) is 23.0 Å². The number of nitrogens with one attached hydrogen (secondary N) is 3. The lowest BCUT2D eigenvalue weighted by Crippen LogP contribution is -2.07. The number of carbonyl (C=O) groups excluding carboxylic acids is 2. The first-order chi connectivity index (χ1) is 11.0. The molecule has 120 valence electrons. The predicted molar refractivity (Wildman–Crippen MR) is 84.4 cm³/mol. The first-order valence-corrected chi connectivity index (χ1v) is 6.69. The van der Waals surface area contributed by atoms with Crippen LogP contribution in [0.3, 0.4) is 0 Å². The molecule has 1 aromatic heterocycles. The minimum atomic E-state index is -0.320. The van der Waals surface area contributed by atoms with E-state index < -0.39 is 0 Å². The molecule has 0 atom stereocenters. The molecule has 9 nitrogen and oxygen atoms in total. The van der Waals surface area contributed by atoms with Crippen LogP contribution >= 0.6 is 0 Å². The quantitative estimate of drug-likeness (QED) is 0.734. The summed E-state index contributed by atoms with van der Waals surface area (Å²) in [7, 11) is 1.53. The number of anilines is 2. The molecule has 0 saturated carbocycles. The summed E-state index contributed by atoms with van der Waals surface area (Å²) in [6.07, 6.45) is 0. The number of ether oxygens (including phenoxy) is 1. The van der Waals surface area contributed by atoms with E-state index in [1.165, 1.54) is 21.0 Å². The van der Waals surface area contributed by atoms with Gasteiger partial charge in [0.25, 0.3) is 0 Å². The van der Waals surface area contributed by atoms with Crippen molar-refractivity contribution in [3.05, 3.63) is 24.3 Å². The maximum Gasteiger partial charge on any atom is 0.222 e. The zero-order valence-corrected chi connectivity index (χ0v) is 12.9. The van der Waals surface area contributed by atoms with Gasteiger partial charge in [0.05, 0.1) is 7.11 Å². The average Bonchev–Trinajstić information content (AvgIpc) is 2.85. The second-order valence-corrected chi connectivity index (χ2v) is 4.53. The lowest BCUT2D eigenvalue weighted by molar-refractivity contribution is -0.115. The Morgan fingerprint density at radius 3 is 2.48 bits per heavy atom. The number of aromatic nitrogens is 2. The number of hydrogen-bond acceptors (Lipinski definition) is 6. The van der Waals surface area contributed by atoms with Gasteiger partial charge in [-0.15, -0.1) is 10.2 Å². The highest BCUT2D eigenvalue weighted by atomic mass is 16.5. The summed E-state index contributed by atoms with van der Waals surface area (Å²) in [5.41, 5.74) is 0.708. The minimum absolute atomic E-state index is 0.167. The van der Waals surface area contributed by atoms with Gasteiger partial charge in [-0.25, -0.2) is 0 Å². The first-order valence-electron chi connectivity index (χ1n) is 6.69. The summed E-state index contributed by atoms with van der Waals surface area (Å²) >= 11 is 0. The Bertz CT molecular complexity index is 719. The number of carbonyl (C=O) groups is 2. The fraction of sp³-hybridized carbons (Fsp3) is 0.214. The fourth-order valence-corrected chi connectivity index (χ4v) is 1.77. The van der Waals surface area contributed by atoms with E-state index in [1.807, 2.05) is 0 Å². The Hall–Kier alpha value is -3.23. The molecule has 0 bridgehead atoms. The van der Waals surface area contributed by atoms with Gasteiger partial charge in [-0.05, 0) is 12.1 Å². The summed E-state index contributed by atoms with van der Waals surface area (Å²) in [5, 5.41) is 19.7. The molecule has 3 N–H and O–H groups in total. The molecule has 2 amide bonds. The number of benzene rings is 1. The zero-order chi connectivity index (χ0) is 16.8. The van der Waals surface area contributed by atoms with Crippen molar-refractivity contribution in [3.8, 4) is 5.75 Å². The van der Waals surface area contributed by atoms with E-state index in [9.17, 15) is 9.59 Å². The van der Waals surface area contributed by atoms with Crippen molar-refractivity contribution in [1.29, 1.82) is 0 Å². The van der Waals surface area contributed by atoms with E-state index in [0.29, 0.717) is 11.4 Å². The third-order valence-electron chi connectivity index (χ3n) is 2.68. The van der Waals surface area contributed by atoms with Crippen LogP contribution in [-0.4, -0.2) is 29.1 Å². The first kappa shape index (κ1) is 16.1. The van der Waals surface area contributed by atoms with Gasteiger partial charge in [0.15, 0.2) is 17.3 Å². The van der Waals surface area contributed by atoms with Crippen LogP contribution in [0.5, 0.6) is 5.75 Å². The van der Waals surface area contributed by atoms with Crippen LogP contribution in [0.2, 0.25) is 0 Å². The maximum absolute atomic E-state index is 11.2. The molecule has 0 aliphatic rings. The van der Waals surface area contributed by atoms with Crippen LogP contribution in [0.25, 0.3) is 0 Å². The van der Waals surface area contributed by atoms with E-state index in [2.05, 4.69) is 31.1 Å². The molecule has 2 aromatic rings. The van der Waals surface area contributed by atoms with Gasteiger partial charge in [0.1, 0.15) is 11.4 Å². The molecule has 9 heteroatoms. The lowest BCUT2D eigenvalue weighted by atomic mass is 10.3. The number of para-hydroxylation sites is 1. The molecule has 1 heterocycles. The molecule has 1 aromatic carbocycles. The van der Waals surface area contributed by atoms with Crippen LogP contribution in [0, 0.1) is 0 Å². The van der Waals surface area contributed by atoms with E-state index in [1.54, 1.807) is 24.3 Å². The molecule has 0 fully saturated rings. The highest BCUT2D eigenvalue weighted by Gasteiger charge is 2.15. The van der Waals surface area contributed by atoms with Gasteiger partial charge in [0.2, 0.25) is 11.8 Å². The van der Waals surface area contributed by atoms with Crippen molar-refractivity contribution in [2.45, 2.75) is 13.8 Å². The Morgan fingerprint density at radius 2 is 1.83 bits per heavy atom. The predicted octanol–water partition coefficient (Wildman–Crippen LogP) is 2.75. The Kier molecular flexibility index (Phi) is 5.03. The Labute approximate surface area is 132 Å². The lowest BCUT2D eigenvalue weighted by Gasteiger charge is -2.03. The molecule has 0 radical (unpaired) electrons. The third kappa shape index (κ3) is 4.13. The maximum atomic E-state index is 11.2. The SMILES string of the molecule is COc1ccccc1N=Nc1c(NC(C)=O)n[nH]c1NC(C)=O. The van der Waals surface area contributed by atoms with Gasteiger partial charge in [0, 0.05) is 13.8 Å². The minimum Gasteiger partial charge on any atom is -0.494 e. The molecule has 23 heavy (non-hydrogen) atoms. The zero-order valence-electron chi connectivity index (χ0n) is 12.9. The van der Waals surface area contributed by atoms with Crippen molar-refractivity contribution < 1.29 is 14.3 Å². The summed E-state index contributed by atoms with van der Waals surface area (Å²) in [6.45, 7) is 2.69. The number of methoxy groups -OCH3 is 1. The van der Waals surface area contributed by atoms with Gasteiger partial charge < -0.3 is 15.4 Å². The van der Waals surface area contributed by atoms with Gasteiger partial charge in [-0.1, -0.05) is 12.1 Å². The largest absolute Gasteiger partial charge is 0.494 e. The monoisotopic (exact) mass is 316 g/mol. The second-order valence-electron chi connectivity index (χ2n) is 4.53. The number of rotatable bonds is 5. The number of H-pyrrole nitrogens is 1. The number of amides is 2. The van der Waals surface area contributed by atoms with Crippen molar-refractivity contribution in [2.24, 2.45) is 10.2 Å². The fourth-order valence-electron chi connectivity index (χ4n) is 1.77. The number of nitrogens with zero attached hydrogens (tertiary/aromatic N) is 3. The molecule has 0 unspecified atom stereocenters. The standard InChI is InChI=1S/C14H16N6O3/c1-8(21)15-13-12(14(20-19-13)16-9(2)22)18-17-10-6-4-5-7-11(10)23-3/h4-7H,1-3H3,(H3,15,16,19,20,21,22). The summed E-state index contributed by atoms with van der Waals surface area (Å²) in [4.78, 5) is 22.5. The highest BCUT2D eigenvalue weighted by Crippen LogP contribution is 2.34. The number of azo groups is 1. The van der Waals surface area contributed by atoms with Crippen LogP contribution in [-0.2, 0) is 9.59 Å². The second kappa shape index (κ2) is 7.16. The van der Waals surface area contributed by atoms with E-state index in [0.717, 1.165) is 0 Å². The van der Waals surface area contributed by atoms with E-state index in [4.69, 9.17) is 4.74 Å². The summed E-state index contributed by atoms with van der Waals surface area (Å²) in [6, 6.07) is 7.06. The smallest absolute Gasteiger partial charge is 0.222 e. The van der Waals surface area contributed by atoms with Gasteiger partial charge in [-0.3, -0.25) is 14.7 Å². The molecule has 2 rings (SSSR count). The molecular formula is C14H16N6O3. The highest BCUT2D eigenvalue weighted by molar-refractivity contribution is 5.96. The molecule has 0 spiro atoms. The third-order valence-corrected chi connectivity index (χ3v) is 2.68. The average molecular weight is 316 g/mol. The number of hydrogen-bond donors (Lipinski definition) is 3. The van der Waals surface area contributed by atoms with Crippen LogP contribution in [0.1, 0.15) is 13.8 Å². The number of aromatic amines is 1. The van der Waals surface area contributed by atoms with Crippen LogP contribution in [0.15, 0.2) is 34.5 Å². The molecular weight excluding hydrogens is 300 g/mol. The van der Waals surface area contributed by atoms with Gasteiger partial charge in [-0.2, -0.15) is 5.10 Å². The van der Waals surface area contributed by atoms with Crippen LogP contribution < -0.4 is 15.4 Å². The normalized spacial score (nSPS) is 10.6. The van der Waals surface area contributed by atoms with E-state index in [-0.39, 0.29) is 29.1 Å². The summed E-state index contributed by atoms with van der Waals surface area (Å²) < 4.78 is 5.19. The van der Waals surface area contributed by atoms with Crippen molar-refractivity contribution in [1.82, 2.24) is 10.2 Å². The van der Waals surface area contributed by atoms with Gasteiger partial charge >= 0.3 is 0 Å². The summed E-state index contributed by atoms with van der Waals surface area (Å²) in [5.74, 6) is 0.318. The molecule has 0 aliphatic carbocycles. The van der Waals surface area contributed by atoms with Crippen molar-refractivity contribution >= 4 is 34.8 Å². The van der Waals surface area contributed by atoms with Crippen molar-refractivity contribution in [2.75, 3.05) is 17.7 Å². The van der Waals surface area contributed by atoms with E-state index >= 15 is 0 Å². The molecule has 0 saturated heterocycles. The Morgan fingerprint density at radius 1 is 1.13 bits per heavy atom. The molecule has 0 aliphatic heterocycles.